The minimum absolute atomic E-state index is 0.172. The van der Waals surface area contributed by atoms with Crippen molar-refractivity contribution < 1.29 is 9.90 Å². The van der Waals surface area contributed by atoms with Gasteiger partial charge in [0.15, 0.2) is 0 Å². The molecule has 16 heavy (non-hydrogen) atoms. The Kier molecular flexibility index (Phi) is 3.30. The zero-order valence-corrected chi connectivity index (χ0v) is 10.7. The molecule has 4 heteroatoms. The van der Waals surface area contributed by atoms with Gasteiger partial charge < -0.3 is 5.11 Å². The lowest BCUT2D eigenvalue weighted by Crippen LogP contribution is -2.49. The average Bonchev–Trinajstić information content (AvgIpc) is 2.15. The summed E-state index contributed by atoms with van der Waals surface area (Å²) >= 11 is 3.50. The number of nitrogens with zero attached hydrogens (tertiary/aromatic N) is 1. The Hall–Kier alpha value is -0.870. The fourth-order valence-electron chi connectivity index (χ4n) is 1.85. The number of carboxylic acid groups (broad SMARTS) is 1. The fourth-order valence-corrected chi connectivity index (χ4v) is 2.27. The Balaban J connectivity index is 1.91. The third-order valence-corrected chi connectivity index (χ3v) is 3.80. The fraction of sp³-hybridized carbons (Fsp3) is 0.417. The van der Waals surface area contributed by atoms with Gasteiger partial charge in [-0.3, -0.25) is 9.69 Å². The maximum Gasteiger partial charge on any atom is 0.309 e. The molecule has 0 saturated carbocycles. The number of hydrogen-bond donors (Lipinski definition) is 1. The Morgan fingerprint density at radius 3 is 2.81 bits per heavy atom. The predicted octanol–water partition coefficient (Wildman–Crippen LogP) is 2.27. The number of hydrogen-bond acceptors (Lipinski definition) is 2. The molecule has 0 amide bonds. The summed E-state index contributed by atoms with van der Waals surface area (Å²) < 4.78 is 1.11. The molecule has 0 aromatic heterocycles. The van der Waals surface area contributed by atoms with E-state index in [-0.39, 0.29) is 5.92 Å². The van der Waals surface area contributed by atoms with Crippen molar-refractivity contribution in [1.82, 2.24) is 4.90 Å². The van der Waals surface area contributed by atoms with Crippen molar-refractivity contribution >= 4 is 21.9 Å². The van der Waals surface area contributed by atoms with Crippen molar-refractivity contribution in [3.63, 3.8) is 0 Å². The van der Waals surface area contributed by atoms with Gasteiger partial charge in [0.2, 0.25) is 0 Å². The summed E-state index contributed by atoms with van der Waals surface area (Å²) in [5.74, 6) is -0.852. The maximum atomic E-state index is 10.6. The molecule has 1 aliphatic rings. The summed E-state index contributed by atoms with van der Waals surface area (Å²) in [5.41, 5.74) is 2.44. The summed E-state index contributed by atoms with van der Waals surface area (Å²) in [5, 5.41) is 8.76. The first-order valence-electron chi connectivity index (χ1n) is 5.26. The molecular formula is C12H14BrNO2. The van der Waals surface area contributed by atoms with Crippen LogP contribution in [0.5, 0.6) is 0 Å². The van der Waals surface area contributed by atoms with Crippen LogP contribution in [0, 0.1) is 12.8 Å². The summed E-state index contributed by atoms with van der Waals surface area (Å²) in [6.45, 7) is 4.22. The molecule has 1 fully saturated rings. The number of halogens is 1. The van der Waals surface area contributed by atoms with E-state index in [0.717, 1.165) is 11.0 Å². The van der Waals surface area contributed by atoms with Gasteiger partial charge in [0.1, 0.15) is 0 Å². The third-order valence-electron chi connectivity index (χ3n) is 2.95. The van der Waals surface area contributed by atoms with E-state index < -0.39 is 5.97 Å². The van der Waals surface area contributed by atoms with Gasteiger partial charge in [-0.25, -0.2) is 0 Å². The van der Waals surface area contributed by atoms with Crippen LogP contribution in [-0.2, 0) is 11.3 Å². The normalized spacial score (nSPS) is 17.1. The first kappa shape index (κ1) is 11.6. The molecule has 1 saturated heterocycles. The Bertz CT molecular complexity index is 413. The number of rotatable bonds is 3. The summed E-state index contributed by atoms with van der Waals surface area (Å²) in [4.78, 5) is 12.8. The van der Waals surface area contributed by atoms with Gasteiger partial charge >= 0.3 is 5.97 Å². The lowest BCUT2D eigenvalue weighted by Gasteiger charge is -2.36. The van der Waals surface area contributed by atoms with E-state index in [1.54, 1.807) is 0 Å². The molecule has 0 bridgehead atoms. The van der Waals surface area contributed by atoms with Crippen LogP contribution in [0.2, 0.25) is 0 Å². The zero-order valence-electron chi connectivity index (χ0n) is 9.11. The Morgan fingerprint density at radius 2 is 2.25 bits per heavy atom. The molecule has 0 unspecified atom stereocenters. The van der Waals surface area contributed by atoms with E-state index in [2.05, 4.69) is 46.0 Å². The highest BCUT2D eigenvalue weighted by Gasteiger charge is 2.32. The average molecular weight is 284 g/mol. The maximum absolute atomic E-state index is 10.6. The summed E-state index contributed by atoms with van der Waals surface area (Å²) in [7, 11) is 0. The molecule has 1 heterocycles. The standard InChI is InChI=1S/C12H14BrNO2/c1-8-2-3-9(4-11(8)13)5-14-6-10(7-14)12(15)16/h2-4,10H,5-7H2,1H3,(H,15,16). The monoisotopic (exact) mass is 283 g/mol. The minimum atomic E-state index is -0.679. The third kappa shape index (κ3) is 2.44. The molecule has 3 nitrogen and oxygen atoms in total. The Morgan fingerprint density at radius 1 is 1.56 bits per heavy atom. The number of carboxylic acids is 1. The highest BCUT2D eigenvalue weighted by atomic mass is 79.9. The van der Waals surface area contributed by atoms with E-state index in [4.69, 9.17) is 5.11 Å². The van der Waals surface area contributed by atoms with Crippen molar-refractivity contribution in [2.45, 2.75) is 13.5 Å². The van der Waals surface area contributed by atoms with E-state index in [9.17, 15) is 4.79 Å². The van der Waals surface area contributed by atoms with Crippen LogP contribution in [0.4, 0.5) is 0 Å². The zero-order chi connectivity index (χ0) is 11.7. The predicted molar refractivity (Wildman–Crippen MR) is 65.3 cm³/mol. The van der Waals surface area contributed by atoms with Crippen molar-refractivity contribution in [2.24, 2.45) is 5.92 Å². The van der Waals surface area contributed by atoms with Crippen LogP contribution < -0.4 is 0 Å². The molecule has 0 radical (unpaired) electrons. The quantitative estimate of drug-likeness (QED) is 0.925. The number of aliphatic carboxylic acids is 1. The smallest absolute Gasteiger partial charge is 0.309 e. The first-order valence-corrected chi connectivity index (χ1v) is 6.06. The molecule has 0 spiro atoms. The second-order valence-corrected chi connectivity index (χ2v) is 5.17. The molecule has 1 aromatic carbocycles. The number of aryl methyl sites for hydroxylation is 1. The van der Waals surface area contributed by atoms with Crippen LogP contribution in [0.3, 0.4) is 0 Å². The minimum Gasteiger partial charge on any atom is -0.481 e. The van der Waals surface area contributed by atoms with Gasteiger partial charge in [-0.2, -0.15) is 0 Å². The largest absolute Gasteiger partial charge is 0.481 e. The SMILES string of the molecule is Cc1ccc(CN2CC(C(=O)O)C2)cc1Br. The number of carbonyl (C=O) groups is 1. The van der Waals surface area contributed by atoms with Crippen molar-refractivity contribution in [3.8, 4) is 0 Å². The molecule has 1 aromatic rings. The van der Waals surface area contributed by atoms with Crippen LogP contribution in [0.15, 0.2) is 22.7 Å². The van der Waals surface area contributed by atoms with Crippen LogP contribution in [0.25, 0.3) is 0 Å². The van der Waals surface area contributed by atoms with Gasteiger partial charge in [-0.1, -0.05) is 28.1 Å². The van der Waals surface area contributed by atoms with Gasteiger partial charge in [-0.05, 0) is 24.1 Å². The van der Waals surface area contributed by atoms with Gasteiger partial charge in [0.25, 0.3) is 0 Å². The molecule has 1 N–H and O–H groups in total. The van der Waals surface area contributed by atoms with Crippen molar-refractivity contribution in [1.29, 1.82) is 0 Å². The second-order valence-electron chi connectivity index (χ2n) is 4.31. The van der Waals surface area contributed by atoms with Crippen LogP contribution in [-0.4, -0.2) is 29.1 Å². The highest BCUT2D eigenvalue weighted by Crippen LogP contribution is 2.22. The van der Waals surface area contributed by atoms with E-state index in [0.29, 0.717) is 13.1 Å². The summed E-state index contributed by atoms with van der Waals surface area (Å²) in [6.07, 6.45) is 0. The molecule has 1 aliphatic heterocycles. The van der Waals surface area contributed by atoms with Gasteiger partial charge in [0.05, 0.1) is 5.92 Å². The molecule has 0 atom stereocenters. The second kappa shape index (κ2) is 4.55. The van der Waals surface area contributed by atoms with Crippen molar-refractivity contribution in [3.05, 3.63) is 33.8 Å². The molecular weight excluding hydrogens is 270 g/mol. The van der Waals surface area contributed by atoms with Crippen LogP contribution in [0.1, 0.15) is 11.1 Å². The number of benzene rings is 1. The Labute approximate surface area is 103 Å². The van der Waals surface area contributed by atoms with Gasteiger partial charge in [-0.15, -0.1) is 0 Å². The topological polar surface area (TPSA) is 40.5 Å². The van der Waals surface area contributed by atoms with E-state index >= 15 is 0 Å². The molecule has 0 aliphatic carbocycles. The van der Waals surface area contributed by atoms with E-state index in [1.165, 1.54) is 11.1 Å². The van der Waals surface area contributed by atoms with Crippen LogP contribution >= 0.6 is 15.9 Å². The summed E-state index contributed by atoms with van der Waals surface area (Å²) in [6, 6.07) is 6.27. The molecule has 86 valence electrons. The first-order chi connectivity index (χ1) is 7.56. The van der Waals surface area contributed by atoms with E-state index in [1.807, 2.05) is 0 Å². The highest BCUT2D eigenvalue weighted by molar-refractivity contribution is 9.10. The van der Waals surface area contributed by atoms with Gasteiger partial charge in [0, 0.05) is 24.1 Å². The lowest BCUT2D eigenvalue weighted by molar-refractivity contribution is -0.147. The lowest BCUT2D eigenvalue weighted by atomic mass is 9.99. The van der Waals surface area contributed by atoms with Crippen molar-refractivity contribution in [2.75, 3.05) is 13.1 Å². The number of likely N-dealkylation sites (tertiary alicyclic amines) is 1. The molecule has 2 rings (SSSR count).